The van der Waals surface area contributed by atoms with Gasteiger partial charge in [0.15, 0.2) is 0 Å². The van der Waals surface area contributed by atoms with Crippen LogP contribution < -0.4 is 5.32 Å². The van der Waals surface area contributed by atoms with Gasteiger partial charge in [-0.1, -0.05) is 41.9 Å². The topological polar surface area (TPSA) is 24.9 Å². The van der Waals surface area contributed by atoms with Crippen molar-refractivity contribution in [3.8, 4) is 11.1 Å². The molecule has 0 saturated carbocycles. The molecule has 0 bridgehead atoms. The Morgan fingerprint density at radius 2 is 1.65 bits per heavy atom. The Labute approximate surface area is 141 Å². The van der Waals surface area contributed by atoms with Crippen LogP contribution in [0.4, 0.5) is 0 Å². The summed E-state index contributed by atoms with van der Waals surface area (Å²) in [5, 5.41) is 5.19. The van der Waals surface area contributed by atoms with Crippen LogP contribution in [-0.4, -0.2) is 18.1 Å². The first-order chi connectivity index (χ1) is 11.3. The molecule has 116 valence electrons. The van der Waals surface area contributed by atoms with Crippen LogP contribution in [0.1, 0.15) is 24.3 Å². The standard InChI is InChI=1S/C20H19ClN2/c21-19-9-12-23-20-6-5-17(13-18(19)20)15-3-1-14(2-4-15)16-7-10-22-11-8-16/h1-6,9,12-13,16,22H,7-8,10-11H2. The zero-order valence-corrected chi connectivity index (χ0v) is 13.7. The number of hydrogen-bond donors (Lipinski definition) is 1. The van der Waals surface area contributed by atoms with Gasteiger partial charge in [-0.2, -0.15) is 0 Å². The highest BCUT2D eigenvalue weighted by molar-refractivity contribution is 6.35. The summed E-state index contributed by atoms with van der Waals surface area (Å²) in [6.07, 6.45) is 4.21. The molecule has 0 atom stereocenters. The maximum atomic E-state index is 6.30. The van der Waals surface area contributed by atoms with E-state index in [1.165, 1.54) is 29.5 Å². The lowest BCUT2D eigenvalue weighted by Crippen LogP contribution is -2.26. The van der Waals surface area contributed by atoms with Crippen molar-refractivity contribution >= 4 is 22.5 Å². The number of piperidine rings is 1. The second-order valence-corrected chi connectivity index (χ2v) is 6.58. The van der Waals surface area contributed by atoms with E-state index in [9.17, 15) is 0 Å². The molecule has 1 N–H and O–H groups in total. The van der Waals surface area contributed by atoms with Gasteiger partial charge in [0.2, 0.25) is 0 Å². The molecule has 2 heterocycles. The lowest BCUT2D eigenvalue weighted by Gasteiger charge is -2.23. The minimum atomic E-state index is 0.695. The Morgan fingerprint density at radius 1 is 0.913 bits per heavy atom. The molecule has 23 heavy (non-hydrogen) atoms. The maximum Gasteiger partial charge on any atom is 0.0717 e. The van der Waals surface area contributed by atoms with Crippen LogP contribution in [0.25, 0.3) is 22.0 Å². The smallest absolute Gasteiger partial charge is 0.0717 e. The number of fused-ring (bicyclic) bond motifs is 1. The highest BCUT2D eigenvalue weighted by atomic mass is 35.5. The van der Waals surface area contributed by atoms with Gasteiger partial charge in [-0.15, -0.1) is 0 Å². The number of hydrogen-bond acceptors (Lipinski definition) is 2. The summed E-state index contributed by atoms with van der Waals surface area (Å²) in [4.78, 5) is 4.36. The Bertz CT molecular complexity index is 821. The van der Waals surface area contributed by atoms with Crippen molar-refractivity contribution in [2.75, 3.05) is 13.1 Å². The Hall–Kier alpha value is -1.90. The van der Waals surface area contributed by atoms with E-state index >= 15 is 0 Å². The molecular weight excluding hydrogens is 304 g/mol. The van der Waals surface area contributed by atoms with Crippen LogP contribution >= 0.6 is 11.6 Å². The van der Waals surface area contributed by atoms with Crippen molar-refractivity contribution < 1.29 is 0 Å². The van der Waals surface area contributed by atoms with E-state index in [2.05, 4.69) is 46.7 Å². The van der Waals surface area contributed by atoms with Gasteiger partial charge in [0, 0.05) is 11.6 Å². The summed E-state index contributed by atoms with van der Waals surface area (Å²) in [5.74, 6) is 0.695. The number of rotatable bonds is 2. The van der Waals surface area contributed by atoms with Gasteiger partial charge in [-0.25, -0.2) is 0 Å². The number of nitrogens with zero attached hydrogens (tertiary/aromatic N) is 1. The number of aromatic nitrogens is 1. The number of pyridine rings is 1. The normalized spacial score (nSPS) is 15.9. The van der Waals surface area contributed by atoms with E-state index in [0.717, 1.165) is 29.0 Å². The fraction of sp³-hybridized carbons (Fsp3) is 0.250. The Morgan fingerprint density at radius 3 is 2.43 bits per heavy atom. The van der Waals surface area contributed by atoms with Crippen molar-refractivity contribution in [3.63, 3.8) is 0 Å². The lowest BCUT2D eigenvalue weighted by molar-refractivity contribution is 0.460. The predicted octanol–water partition coefficient (Wildman–Crippen LogP) is 5.02. The minimum absolute atomic E-state index is 0.695. The molecule has 2 aromatic carbocycles. The molecule has 1 aliphatic rings. The number of benzene rings is 2. The largest absolute Gasteiger partial charge is 0.317 e. The van der Waals surface area contributed by atoms with Crippen molar-refractivity contribution in [2.45, 2.75) is 18.8 Å². The summed E-state index contributed by atoms with van der Waals surface area (Å²) in [5.41, 5.74) is 4.80. The van der Waals surface area contributed by atoms with Crippen LogP contribution in [0.3, 0.4) is 0 Å². The lowest BCUT2D eigenvalue weighted by atomic mass is 9.89. The van der Waals surface area contributed by atoms with E-state index in [0.29, 0.717) is 5.92 Å². The SMILES string of the molecule is Clc1ccnc2ccc(-c3ccc(C4CCNCC4)cc3)cc12. The average Bonchev–Trinajstić information content (AvgIpc) is 2.63. The Balaban J connectivity index is 1.66. The van der Waals surface area contributed by atoms with E-state index in [1.54, 1.807) is 6.20 Å². The molecular formula is C20H19ClN2. The number of nitrogens with one attached hydrogen (secondary N) is 1. The molecule has 0 amide bonds. The molecule has 3 heteroatoms. The van der Waals surface area contributed by atoms with Crippen LogP contribution in [0.2, 0.25) is 5.02 Å². The van der Waals surface area contributed by atoms with E-state index < -0.39 is 0 Å². The molecule has 1 aromatic heterocycles. The summed E-state index contributed by atoms with van der Waals surface area (Å²) in [6.45, 7) is 2.26. The first-order valence-corrected chi connectivity index (χ1v) is 8.54. The fourth-order valence-electron chi connectivity index (χ4n) is 3.40. The second-order valence-electron chi connectivity index (χ2n) is 6.17. The third kappa shape index (κ3) is 2.97. The van der Waals surface area contributed by atoms with Gasteiger partial charge in [-0.05, 0) is 66.7 Å². The summed E-state index contributed by atoms with van der Waals surface area (Å²) >= 11 is 6.30. The van der Waals surface area contributed by atoms with E-state index in [4.69, 9.17) is 11.6 Å². The van der Waals surface area contributed by atoms with Gasteiger partial charge < -0.3 is 5.32 Å². The maximum absolute atomic E-state index is 6.30. The molecule has 0 spiro atoms. The predicted molar refractivity (Wildman–Crippen MR) is 97.0 cm³/mol. The van der Waals surface area contributed by atoms with Crippen molar-refractivity contribution in [1.29, 1.82) is 0 Å². The zero-order valence-electron chi connectivity index (χ0n) is 12.9. The molecule has 2 nitrogen and oxygen atoms in total. The van der Waals surface area contributed by atoms with E-state index in [1.807, 2.05) is 12.1 Å². The molecule has 1 saturated heterocycles. The quantitative estimate of drug-likeness (QED) is 0.716. The minimum Gasteiger partial charge on any atom is -0.317 e. The number of halogens is 1. The Kier molecular flexibility index (Phi) is 4.02. The zero-order chi connectivity index (χ0) is 15.6. The third-order valence-corrected chi connectivity index (χ3v) is 5.07. The molecule has 0 aliphatic carbocycles. The summed E-state index contributed by atoms with van der Waals surface area (Å²) in [6, 6.07) is 17.1. The van der Waals surface area contributed by atoms with Gasteiger partial charge in [-0.3, -0.25) is 4.98 Å². The van der Waals surface area contributed by atoms with Crippen LogP contribution in [-0.2, 0) is 0 Å². The molecule has 3 aromatic rings. The van der Waals surface area contributed by atoms with Crippen LogP contribution in [0.15, 0.2) is 54.7 Å². The van der Waals surface area contributed by atoms with Crippen molar-refractivity contribution in [3.05, 3.63) is 65.3 Å². The third-order valence-electron chi connectivity index (χ3n) is 4.74. The van der Waals surface area contributed by atoms with Gasteiger partial charge in [0.25, 0.3) is 0 Å². The van der Waals surface area contributed by atoms with Crippen LogP contribution in [0.5, 0.6) is 0 Å². The van der Waals surface area contributed by atoms with E-state index in [-0.39, 0.29) is 0 Å². The summed E-state index contributed by atoms with van der Waals surface area (Å²) < 4.78 is 0. The van der Waals surface area contributed by atoms with Crippen molar-refractivity contribution in [1.82, 2.24) is 10.3 Å². The molecule has 1 aliphatic heterocycles. The highest BCUT2D eigenvalue weighted by Crippen LogP contribution is 2.30. The second kappa shape index (κ2) is 6.31. The highest BCUT2D eigenvalue weighted by Gasteiger charge is 2.14. The fourth-order valence-corrected chi connectivity index (χ4v) is 3.60. The molecule has 4 rings (SSSR count). The summed E-state index contributed by atoms with van der Waals surface area (Å²) in [7, 11) is 0. The van der Waals surface area contributed by atoms with Crippen molar-refractivity contribution in [2.24, 2.45) is 0 Å². The van der Waals surface area contributed by atoms with Gasteiger partial charge in [0.05, 0.1) is 10.5 Å². The van der Waals surface area contributed by atoms with Crippen LogP contribution in [0, 0.1) is 0 Å². The first-order valence-electron chi connectivity index (χ1n) is 8.16. The molecule has 0 radical (unpaired) electrons. The average molecular weight is 323 g/mol. The van der Waals surface area contributed by atoms with Gasteiger partial charge in [0.1, 0.15) is 0 Å². The monoisotopic (exact) mass is 322 g/mol. The first kappa shape index (κ1) is 14.7. The molecule has 1 fully saturated rings. The molecule has 0 unspecified atom stereocenters. The van der Waals surface area contributed by atoms with Gasteiger partial charge >= 0.3 is 0 Å².